The van der Waals surface area contributed by atoms with Gasteiger partial charge in [0.2, 0.25) is 0 Å². The first-order valence-electron chi connectivity index (χ1n) is 10.3. The van der Waals surface area contributed by atoms with Gasteiger partial charge in [-0.1, -0.05) is 6.92 Å². The van der Waals surface area contributed by atoms with Crippen molar-refractivity contribution in [3.63, 3.8) is 0 Å². The first-order chi connectivity index (χ1) is 14.1. The van der Waals surface area contributed by atoms with Crippen LogP contribution < -0.4 is 14.4 Å². The summed E-state index contributed by atoms with van der Waals surface area (Å²) >= 11 is 0. The van der Waals surface area contributed by atoms with Gasteiger partial charge in [-0.25, -0.2) is 4.98 Å². The Labute approximate surface area is 172 Å². The van der Waals surface area contributed by atoms with Gasteiger partial charge in [0.05, 0.1) is 14.2 Å². The molecule has 2 aliphatic rings. The van der Waals surface area contributed by atoms with Crippen LogP contribution >= 0.6 is 0 Å². The highest BCUT2D eigenvalue weighted by Gasteiger charge is 2.25. The predicted molar refractivity (Wildman–Crippen MR) is 113 cm³/mol. The zero-order valence-corrected chi connectivity index (χ0v) is 17.5. The van der Waals surface area contributed by atoms with Crippen LogP contribution in [0.1, 0.15) is 41.3 Å². The second-order valence-electron chi connectivity index (χ2n) is 8.05. The first-order valence-corrected chi connectivity index (χ1v) is 10.3. The van der Waals surface area contributed by atoms with E-state index in [1.54, 1.807) is 20.4 Å². The summed E-state index contributed by atoms with van der Waals surface area (Å²) in [6.07, 6.45) is 5.00. The number of hydrogen-bond acceptors (Lipinski definition) is 5. The van der Waals surface area contributed by atoms with Crippen molar-refractivity contribution < 1.29 is 14.3 Å². The zero-order chi connectivity index (χ0) is 20.4. The topological polar surface area (TPSA) is 54.9 Å². The molecular weight excluding hydrogens is 366 g/mol. The fraction of sp³-hybridized carbons (Fsp3) is 0.478. The maximum absolute atomic E-state index is 13.2. The highest BCUT2D eigenvalue weighted by molar-refractivity contribution is 5.95. The number of piperidine rings is 1. The molecular formula is C23H29N3O3. The van der Waals surface area contributed by atoms with Gasteiger partial charge in [-0.3, -0.25) is 4.79 Å². The second-order valence-corrected chi connectivity index (χ2v) is 8.05. The summed E-state index contributed by atoms with van der Waals surface area (Å²) in [5.41, 5.74) is 3.03. The van der Waals surface area contributed by atoms with Crippen molar-refractivity contribution in [2.24, 2.45) is 5.92 Å². The lowest BCUT2D eigenvalue weighted by atomic mass is 9.98. The van der Waals surface area contributed by atoms with Crippen molar-refractivity contribution in [3.8, 4) is 11.5 Å². The van der Waals surface area contributed by atoms with E-state index in [0.29, 0.717) is 30.3 Å². The van der Waals surface area contributed by atoms with Crippen molar-refractivity contribution >= 4 is 11.7 Å². The Balaban J connectivity index is 1.53. The SMILES string of the molecule is COc1cc2c(cc1OC)CN(C(=O)c1ccnc(N3CCCC(C)C3)c1)CC2. The van der Waals surface area contributed by atoms with Gasteiger partial charge >= 0.3 is 0 Å². The number of nitrogens with zero attached hydrogens (tertiary/aromatic N) is 3. The van der Waals surface area contributed by atoms with E-state index in [2.05, 4.69) is 16.8 Å². The molecule has 0 spiro atoms. The Morgan fingerprint density at radius 1 is 1.10 bits per heavy atom. The smallest absolute Gasteiger partial charge is 0.254 e. The van der Waals surface area contributed by atoms with Crippen LogP contribution in [0.2, 0.25) is 0 Å². The molecule has 2 aliphatic heterocycles. The normalized spacial score (nSPS) is 18.9. The summed E-state index contributed by atoms with van der Waals surface area (Å²) in [5, 5.41) is 0. The van der Waals surface area contributed by atoms with Crippen LogP contribution in [0.4, 0.5) is 5.82 Å². The molecule has 1 fully saturated rings. The average molecular weight is 396 g/mol. The average Bonchev–Trinajstić information content (AvgIpc) is 2.77. The molecule has 1 unspecified atom stereocenters. The molecule has 154 valence electrons. The molecule has 1 atom stereocenters. The van der Waals surface area contributed by atoms with Crippen molar-refractivity contribution in [2.45, 2.75) is 32.7 Å². The third kappa shape index (κ3) is 4.02. The number of benzene rings is 1. The third-order valence-electron chi connectivity index (χ3n) is 5.98. The predicted octanol–water partition coefficient (Wildman–Crippen LogP) is 3.53. The second kappa shape index (κ2) is 8.31. The number of aromatic nitrogens is 1. The number of anilines is 1. The number of pyridine rings is 1. The van der Waals surface area contributed by atoms with Gasteiger partial charge < -0.3 is 19.3 Å². The minimum Gasteiger partial charge on any atom is -0.493 e. The molecule has 0 radical (unpaired) electrons. The first kappa shape index (κ1) is 19.6. The van der Waals surface area contributed by atoms with Gasteiger partial charge in [0.1, 0.15) is 5.82 Å². The van der Waals surface area contributed by atoms with Crippen LogP contribution in [-0.4, -0.2) is 49.6 Å². The Hall–Kier alpha value is -2.76. The highest BCUT2D eigenvalue weighted by Crippen LogP contribution is 2.33. The third-order valence-corrected chi connectivity index (χ3v) is 5.98. The number of fused-ring (bicyclic) bond motifs is 1. The molecule has 1 amide bonds. The quantitative estimate of drug-likeness (QED) is 0.793. The molecule has 0 bridgehead atoms. The summed E-state index contributed by atoms with van der Waals surface area (Å²) in [6, 6.07) is 7.78. The van der Waals surface area contributed by atoms with E-state index in [-0.39, 0.29) is 5.91 Å². The maximum Gasteiger partial charge on any atom is 0.254 e. The van der Waals surface area contributed by atoms with Crippen LogP contribution in [0, 0.1) is 5.92 Å². The van der Waals surface area contributed by atoms with E-state index < -0.39 is 0 Å². The molecule has 4 rings (SSSR count). The summed E-state index contributed by atoms with van der Waals surface area (Å²) in [4.78, 5) is 21.9. The van der Waals surface area contributed by atoms with Gasteiger partial charge in [0.15, 0.2) is 11.5 Å². The number of ether oxygens (including phenoxy) is 2. The van der Waals surface area contributed by atoms with Gasteiger partial charge in [0.25, 0.3) is 5.91 Å². The lowest BCUT2D eigenvalue weighted by molar-refractivity contribution is 0.0734. The number of methoxy groups -OCH3 is 2. The molecule has 2 aromatic rings. The largest absolute Gasteiger partial charge is 0.493 e. The van der Waals surface area contributed by atoms with Gasteiger partial charge in [0, 0.05) is 37.9 Å². The van der Waals surface area contributed by atoms with Crippen LogP contribution in [0.15, 0.2) is 30.5 Å². The molecule has 29 heavy (non-hydrogen) atoms. The van der Waals surface area contributed by atoms with E-state index >= 15 is 0 Å². The molecule has 0 N–H and O–H groups in total. The molecule has 1 saturated heterocycles. The van der Waals surface area contributed by atoms with Gasteiger partial charge in [-0.2, -0.15) is 0 Å². The standard InChI is InChI=1S/C23H29N3O3/c1-16-5-4-9-25(14-16)22-13-18(6-8-24-22)23(27)26-10-7-17-11-20(28-2)21(29-3)12-19(17)15-26/h6,8,11-13,16H,4-5,7,9-10,14-15H2,1-3H3. The lowest BCUT2D eigenvalue weighted by Crippen LogP contribution is -2.37. The monoisotopic (exact) mass is 395 g/mol. The molecule has 1 aromatic heterocycles. The lowest BCUT2D eigenvalue weighted by Gasteiger charge is -2.32. The van der Waals surface area contributed by atoms with E-state index in [1.165, 1.54) is 18.4 Å². The van der Waals surface area contributed by atoms with E-state index in [1.807, 2.05) is 29.2 Å². The Morgan fingerprint density at radius 2 is 1.86 bits per heavy atom. The fourth-order valence-electron chi connectivity index (χ4n) is 4.36. The molecule has 6 nitrogen and oxygen atoms in total. The fourth-order valence-corrected chi connectivity index (χ4v) is 4.36. The number of carbonyl (C=O) groups excluding carboxylic acids is 1. The van der Waals surface area contributed by atoms with Gasteiger partial charge in [-0.15, -0.1) is 0 Å². The Bertz CT molecular complexity index is 899. The molecule has 1 aromatic carbocycles. The number of rotatable bonds is 4. The van der Waals surface area contributed by atoms with Crippen LogP contribution in [-0.2, 0) is 13.0 Å². The summed E-state index contributed by atoms with van der Waals surface area (Å²) < 4.78 is 10.8. The van der Waals surface area contributed by atoms with E-state index in [4.69, 9.17) is 9.47 Å². The van der Waals surface area contributed by atoms with E-state index in [9.17, 15) is 4.79 Å². The van der Waals surface area contributed by atoms with Crippen molar-refractivity contribution in [2.75, 3.05) is 38.8 Å². The van der Waals surface area contributed by atoms with E-state index in [0.717, 1.165) is 36.6 Å². The zero-order valence-electron chi connectivity index (χ0n) is 17.5. The van der Waals surface area contributed by atoms with Crippen LogP contribution in [0.25, 0.3) is 0 Å². The van der Waals surface area contributed by atoms with Crippen molar-refractivity contribution in [1.82, 2.24) is 9.88 Å². The number of amides is 1. The molecule has 3 heterocycles. The molecule has 0 aliphatic carbocycles. The highest BCUT2D eigenvalue weighted by atomic mass is 16.5. The van der Waals surface area contributed by atoms with Crippen molar-refractivity contribution in [3.05, 3.63) is 47.2 Å². The Kier molecular flexibility index (Phi) is 5.60. The van der Waals surface area contributed by atoms with Crippen molar-refractivity contribution in [1.29, 1.82) is 0 Å². The summed E-state index contributed by atoms with van der Waals surface area (Å²) in [7, 11) is 3.28. The number of hydrogen-bond donors (Lipinski definition) is 0. The summed E-state index contributed by atoms with van der Waals surface area (Å²) in [5.74, 6) is 3.06. The van der Waals surface area contributed by atoms with Crippen LogP contribution in [0.3, 0.4) is 0 Å². The maximum atomic E-state index is 13.2. The molecule has 6 heteroatoms. The molecule has 0 saturated carbocycles. The minimum atomic E-state index is 0.0548. The summed E-state index contributed by atoms with van der Waals surface area (Å²) in [6.45, 7) is 5.55. The van der Waals surface area contributed by atoms with Gasteiger partial charge in [-0.05, 0) is 60.6 Å². The number of carbonyl (C=O) groups is 1. The van der Waals surface area contributed by atoms with Crippen LogP contribution in [0.5, 0.6) is 11.5 Å². The Morgan fingerprint density at radius 3 is 2.59 bits per heavy atom. The minimum absolute atomic E-state index is 0.0548.